The third-order valence-electron chi connectivity index (χ3n) is 8.13. The summed E-state index contributed by atoms with van der Waals surface area (Å²) in [5.41, 5.74) is 4.66. The van der Waals surface area contributed by atoms with Crippen LogP contribution in [0.5, 0.6) is 17.2 Å². The number of aryl methyl sites for hydroxylation is 1. The van der Waals surface area contributed by atoms with Crippen LogP contribution in [0.3, 0.4) is 0 Å². The predicted octanol–water partition coefficient (Wildman–Crippen LogP) is 7.19. The molecule has 9 nitrogen and oxygen atoms in total. The molecule has 0 aliphatic carbocycles. The lowest BCUT2D eigenvalue weighted by Gasteiger charge is -2.46. The molecule has 47 heavy (non-hydrogen) atoms. The van der Waals surface area contributed by atoms with Gasteiger partial charge in [-0.25, -0.2) is 8.42 Å². The Morgan fingerprint density at radius 3 is 2.11 bits per heavy atom. The second-order valence-electron chi connectivity index (χ2n) is 11.1. The summed E-state index contributed by atoms with van der Waals surface area (Å²) < 4.78 is 46.4. The molecule has 5 aromatic rings. The summed E-state index contributed by atoms with van der Waals surface area (Å²) in [5.74, 6) is 1.35. The molecule has 1 aliphatic rings. The van der Waals surface area contributed by atoms with Crippen LogP contribution in [-0.4, -0.2) is 35.7 Å². The molecule has 6 rings (SSSR count). The van der Waals surface area contributed by atoms with E-state index >= 15 is 0 Å². The Hall–Kier alpha value is -5.48. The number of hydrogen-bond acceptors (Lipinski definition) is 7. The van der Waals surface area contributed by atoms with Gasteiger partial charge in [0.05, 0.1) is 37.5 Å². The highest BCUT2D eigenvalue weighted by molar-refractivity contribution is 7.92. The standard InChI is InChI=1S/C37H35N3O6S/c1-25-10-13-28(14-11-25)38-47(42,43)31-19-20-33-32(23-31)37(41)40(29-15-17-30(44-2)18-16-29)36(39(33)24-26-8-6-5-7-9-26)27-12-21-34(45-3)35(22-27)46-4/h5-23,36,38H,24H2,1-4H3/t36-/m1/s1. The van der Waals surface area contributed by atoms with Crippen LogP contribution >= 0.6 is 0 Å². The van der Waals surface area contributed by atoms with E-state index in [0.717, 1.165) is 16.7 Å². The van der Waals surface area contributed by atoms with Crippen molar-refractivity contribution >= 4 is 33.0 Å². The van der Waals surface area contributed by atoms with E-state index in [1.54, 1.807) is 56.6 Å². The van der Waals surface area contributed by atoms with Crippen molar-refractivity contribution in [1.29, 1.82) is 0 Å². The van der Waals surface area contributed by atoms with Crippen molar-refractivity contribution < 1.29 is 27.4 Å². The van der Waals surface area contributed by atoms with Gasteiger partial charge in [0.25, 0.3) is 15.9 Å². The number of amides is 1. The number of carbonyl (C=O) groups excluding carboxylic acids is 1. The van der Waals surface area contributed by atoms with Gasteiger partial charge in [0.15, 0.2) is 11.5 Å². The van der Waals surface area contributed by atoms with Gasteiger partial charge in [-0.1, -0.05) is 54.1 Å². The first-order valence-corrected chi connectivity index (χ1v) is 16.4. The van der Waals surface area contributed by atoms with Crippen molar-refractivity contribution in [3.8, 4) is 17.2 Å². The number of nitrogens with one attached hydrogen (secondary N) is 1. The fraction of sp³-hybridized carbons (Fsp3) is 0.162. The van der Waals surface area contributed by atoms with Gasteiger partial charge < -0.3 is 19.1 Å². The number of sulfonamides is 1. The van der Waals surface area contributed by atoms with E-state index < -0.39 is 16.2 Å². The molecule has 0 spiro atoms. The zero-order valence-corrected chi connectivity index (χ0v) is 27.3. The summed E-state index contributed by atoms with van der Waals surface area (Å²) in [6, 6.07) is 34.5. The lowest BCUT2D eigenvalue weighted by atomic mass is 9.98. The number of rotatable bonds is 10. The Kier molecular flexibility index (Phi) is 8.78. The molecule has 1 heterocycles. The minimum Gasteiger partial charge on any atom is -0.497 e. The third-order valence-corrected chi connectivity index (χ3v) is 9.51. The van der Waals surface area contributed by atoms with Crippen LogP contribution in [0.2, 0.25) is 0 Å². The van der Waals surface area contributed by atoms with Crippen molar-refractivity contribution in [2.75, 3.05) is 35.9 Å². The maximum Gasteiger partial charge on any atom is 0.262 e. The number of methoxy groups -OCH3 is 3. The Labute approximate surface area is 275 Å². The number of nitrogens with zero attached hydrogens (tertiary/aromatic N) is 2. The Bertz CT molecular complexity index is 2000. The molecule has 1 atom stereocenters. The first-order valence-electron chi connectivity index (χ1n) is 15.0. The van der Waals surface area contributed by atoms with Crippen molar-refractivity contribution in [2.24, 2.45) is 0 Å². The normalized spacial score (nSPS) is 14.4. The van der Waals surface area contributed by atoms with E-state index in [1.807, 2.05) is 79.7 Å². The number of carbonyl (C=O) groups is 1. The minimum atomic E-state index is -4.02. The van der Waals surface area contributed by atoms with Gasteiger partial charge >= 0.3 is 0 Å². The zero-order valence-electron chi connectivity index (χ0n) is 26.5. The van der Waals surface area contributed by atoms with Gasteiger partial charge in [-0.2, -0.15) is 0 Å². The number of fused-ring (bicyclic) bond motifs is 1. The van der Waals surface area contributed by atoms with E-state index in [9.17, 15) is 13.2 Å². The Morgan fingerprint density at radius 1 is 0.745 bits per heavy atom. The van der Waals surface area contributed by atoms with Gasteiger partial charge in [0.1, 0.15) is 11.9 Å². The average Bonchev–Trinajstić information content (AvgIpc) is 3.10. The first-order chi connectivity index (χ1) is 22.7. The van der Waals surface area contributed by atoms with Crippen LogP contribution in [0.25, 0.3) is 0 Å². The molecular formula is C37H35N3O6S. The number of benzene rings is 5. The van der Waals surface area contributed by atoms with Crippen LogP contribution in [0, 0.1) is 6.92 Å². The molecule has 5 aromatic carbocycles. The number of ether oxygens (including phenoxy) is 3. The predicted molar refractivity (Wildman–Crippen MR) is 183 cm³/mol. The zero-order chi connectivity index (χ0) is 33.1. The van der Waals surface area contributed by atoms with Gasteiger partial charge in [-0.05, 0) is 84.8 Å². The monoisotopic (exact) mass is 649 g/mol. The highest BCUT2D eigenvalue weighted by atomic mass is 32.2. The van der Waals surface area contributed by atoms with Gasteiger partial charge in [0, 0.05) is 17.9 Å². The Balaban J connectivity index is 1.54. The van der Waals surface area contributed by atoms with Crippen molar-refractivity contribution in [3.05, 3.63) is 138 Å². The summed E-state index contributed by atoms with van der Waals surface area (Å²) in [6.07, 6.45) is -0.642. The second-order valence-corrected chi connectivity index (χ2v) is 12.8. The molecule has 0 aromatic heterocycles. The largest absolute Gasteiger partial charge is 0.497 e. The molecule has 240 valence electrons. The number of hydrogen-bond donors (Lipinski definition) is 1. The summed E-state index contributed by atoms with van der Waals surface area (Å²) in [6.45, 7) is 2.35. The fourth-order valence-corrected chi connectivity index (χ4v) is 6.83. The summed E-state index contributed by atoms with van der Waals surface area (Å²) in [5, 5.41) is 0. The van der Waals surface area contributed by atoms with E-state index in [2.05, 4.69) is 9.62 Å². The molecule has 1 aliphatic heterocycles. The molecule has 0 saturated carbocycles. The quantitative estimate of drug-likeness (QED) is 0.171. The first kappa shape index (κ1) is 31.5. The maximum atomic E-state index is 14.7. The lowest BCUT2D eigenvalue weighted by Crippen LogP contribution is -2.49. The molecule has 0 radical (unpaired) electrons. The van der Waals surface area contributed by atoms with Gasteiger partial charge in [-0.3, -0.25) is 14.4 Å². The smallest absolute Gasteiger partial charge is 0.262 e. The third kappa shape index (κ3) is 6.32. The van der Waals surface area contributed by atoms with Gasteiger partial charge in [0.2, 0.25) is 0 Å². The highest BCUT2D eigenvalue weighted by Crippen LogP contribution is 2.45. The van der Waals surface area contributed by atoms with E-state index in [-0.39, 0.29) is 16.4 Å². The molecule has 0 fully saturated rings. The molecule has 0 unspecified atom stereocenters. The average molecular weight is 650 g/mol. The topological polar surface area (TPSA) is 97.4 Å². The summed E-state index contributed by atoms with van der Waals surface area (Å²) >= 11 is 0. The van der Waals surface area contributed by atoms with Crippen LogP contribution in [0.4, 0.5) is 17.1 Å². The SMILES string of the molecule is COc1ccc(N2C(=O)c3cc(S(=O)(=O)Nc4ccc(C)cc4)ccc3N(Cc3ccccc3)[C@H]2c2ccc(OC)c(OC)c2)cc1. The second kappa shape index (κ2) is 13.1. The van der Waals surface area contributed by atoms with Gasteiger partial charge in [-0.15, -0.1) is 0 Å². The number of anilines is 3. The fourth-order valence-electron chi connectivity index (χ4n) is 5.75. The van der Waals surface area contributed by atoms with Crippen LogP contribution in [0.1, 0.15) is 33.2 Å². The van der Waals surface area contributed by atoms with E-state index in [0.29, 0.717) is 40.9 Å². The Morgan fingerprint density at radius 2 is 1.45 bits per heavy atom. The molecule has 10 heteroatoms. The van der Waals surface area contributed by atoms with Crippen molar-refractivity contribution in [2.45, 2.75) is 24.5 Å². The van der Waals surface area contributed by atoms with Crippen LogP contribution in [0.15, 0.2) is 120 Å². The van der Waals surface area contributed by atoms with E-state index in [1.165, 1.54) is 12.1 Å². The minimum absolute atomic E-state index is 0.0240. The molecular weight excluding hydrogens is 614 g/mol. The van der Waals surface area contributed by atoms with Crippen LogP contribution in [-0.2, 0) is 16.6 Å². The highest BCUT2D eigenvalue weighted by Gasteiger charge is 2.40. The van der Waals surface area contributed by atoms with E-state index in [4.69, 9.17) is 14.2 Å². The summed E-state index contributed by atoms with van der Waals surface area (Å²) in [7, 11) is 0.702. The molecule has 1 amide bonds. The van der Waals surface area contributed by atoms with Crippen molar-refractivity contribution in [1.82, 2.24) is 0 Å². The molecule has 0 saturated heterocycles. The van der Waals surface area contributed by atoms with Crippen molar-refractivity contribution in [3.63, 3.8) is 0 Å². The lowest BCUT2D eigenvalue weighted by molar-refractivity contribution is 0.0968. The maximum absolute atomic E-state index is 14.7. The molecule has 0 bridgehead atoms. The molecule has 1 N–H and O–H groups in total. The van der Waals surface area contributed by atoms with Crippen LogP contribution < -0.4 is 28.7 Å². The summed E-state index contributed by atoms with van der Waals surface area (Å²) in [4.78, 5) is 18.5.